The molecule has 0 N–H and O–H groups in total. The lowest BCUT2D eigenvalue weighted by Crippen LogP contribution is -2.42. The van der Waals surface area contributed by atoms with Crippen LogP contribution in [-0.2, 0) is 24.9 Å². The minimum Gasteiger partial charge on any atom is -0.340 e. The van der Waals surface area contributed by atoms with E-state index in [4.69, 9.17) is 0 Å². The molecule has 2 aromatic heterocycles. The molecule has 8 nitrogen and oxygen atoms in total. The van der Waals surface area contributed by atoms with E-state index in [9.17, 15) is 9.59 Å². The Kier molecular flexibility index (Phi) is 5.51. The normalized spacial score (nSPS) is 17.7. The van der Waals surface area contributed by atoms with Crippen molar-refractivity contribution in [3.8, 4) is 0 Å². The van der Waals surface area contributed by atoms with Crippen LogP contribution in [0.4, 0.5) is 0 Å². The van der Waals surface area contributed by atoms with Gasteiger partial charge in [-0.1, -0.05) is 6.07 Å². The first kappa shape index (κ1) is 18.3. The van der Waals surface area contributed by atoms with Crippen LogP contribution in [0.1, 0.15) is 30.4 Å². The smallest absolute Gasteiger partial charge is 0.250 e. The number of piperidine rings is 1. The van der Waals surface area contributed by atoms with Crippen molar-refractivity contribution in [2.75, 3.05) is 27.2 Å². The molecule has 0 radical (unpaired) electrons. The van der Waals surface area contributed by atoms with Gasteiger partial charge in [0, 0.05) is 38.3 Å². The van der Waals surface area contributed by atoms with E-state index in [1.807, 2.05) is 30.6 Å². The number of pyridine rings is 1. The standard InChI is InChI=1S/C18H26N6O2/c1-21(2)12-15-19-20-18(22(15)3)14-7-6-10-23(11-14)17(26)13-24-9-5-4-8-16(24)25/h4-5,8-9,14H,6-7,10-13H2,1-3H3. The Morgan fingerprint density at radius 2 is 2.12 bits per heavy atom. The monoisotopic (exact) mass is 358 g/mol. The topological polar surface area (TPSA) is 76.3 Å². The molecule has 0 spiro atoms. The van der Waals surface area contributed by atoms with Crippen LogP contribution in [0.25, 0.3) is 0 Å². The molecule has 1 fully saturated rings. The predicted octanol–water partition coefficient (Wildman–Crippen LogP) is 0.445. The molecule has 1 saturated heterocycles. The Bertz CT molecular complexity index is 825. The highest BCUT2D eigenvalue weighted by molar-refractivity contribution is 5.76. The zero-order chi connectivity index (χ0) is 18.7. The molecule has 140 valence electrons. The first-order valence-corrected chi connectivity index (χ1v) is 8.92. The molecule has 0 aliphatic carbocycles. The highest BCUT2D eigenvalue weighted by Gasteiger charge is 2.28. The Morgan fingerprint density at radius 3 is 2.85 bits per heavy atom. The van der Waals surface area contributed by atoms with Crippen LogP contribution in [0.15, 0.2) is 29.2 Å². The van der Waals surface area contributed by atoms with Crippen molar-refractivity contribution >= 4 is 5.91 Å². The number of hydrogen-bond donors (Lipinski definition) is 0. The molecule has 1 aliphatic rings. The van der Waals surface area contributed by atoms with Gasteiger partial charge >= 0.3 is 0 Å². The number of likely N-dealkylation sites (tertiary alicyclic amines) is 1. The van der Waals surface area contributed by atoms with Gasteiger partial charge in [-0.2, -0.15) is 0 Å². The van der Waals surface area contributed by atoms with E-state index >= 15 is 0 Å². The minimum absolute atomic E-state index is 0.0290. The second-order valence-electron chi connectivity index (χ2n) is 7.12. The molecule has 3 heterocycles. The molecule has 0 aromatic carbocycles. The maximum Gasteiger partial charge on any atom is 0.250 e. The molecular weight excluding hydrogens is 332 g/mol. The van der Waals surface area contributed by atoms with Crippen molar-refractivity contribution in [2.24, 2.45) is 7.05 Å². The van der Waals surface area contributed by atoms with Gasteiger partial charge in [-0.05, 0) is 33.0 Å². The van der Waals surface area contributed by atoms with Crippen LogP contribution in [0.3, 0.4) is 0 Å². The van der Waals surface area contributed by atoms with Crippen molar-refractivity contribution in [1.82, 2.24) is 29.1 Å². The molecular formula is C18H26N6O2. The summed E-state index contributed by atoms with van der Waals surface area (Å²) in [5.74, 6) is 1.99. The van der Waals surface area contributed by atoms with E-state index in [-0.39, 0.29) is 23.9 Å². The quantitative estimate of drug-likeness (QED) is 0.775. The van der Waals surface area contributed by atoms with Crippen LogP contribution in [0.5, 0.6) is 0 Å². The summed E-state index contributed by atoms with van der Waals surface area (Å²) in [7, 11) is 5.99. The van der Waals surface area contributed by atoms with Gasteiger partial charge in [0.15, 0.2) is 0 Å². The summed E-state index contributed by atoms with van der Waals surface area (Å²) < 4.78 is 3.49. The van der Waals surface area contributed by atoms with Gasteiger partial charge in [0.1, 0.15) is 18.2 Å². The minimum atomic E-state index is -0.156. The first-order chi connectivity index (χ1) is 12.5. The van der Waals surface area contributed by atoms with Crippen molar-refractivity contribution < 1.29 is 4.79 Å². The van der Waals surface area contributed by atoms with Crippen LogP contribution < -0.4 is 5.56 Å². The van der Waals surface area contributed by atoms with Crippen LogP contribution in [-0.4, -0.2) is 62.2 Å². The Hall–Kier alpha value is -2.48. The fourth-order valence-corrected chi connectivity index (χ4v) is 3.40. The second kappa shape index (κ2) is 7.82. The fourth-order valence-electron chi connectivity index (χ4n) is 3.40. The molecule has 0 bridgehead atoms. The summed E-state index contributed by atoms with van der Waals surface area (Å²) in [4.78, 5) is 28.4. The summed E-state index contributed by atoms with van der Waals surface area (Å²) in [6.07, 6.45) is 3.57. The molecule has 2 aromatic rings. The number of nitrogens with zero attached hydrogens (tertiary/aromatic N) is 6. The maximum absolute atomic E-state index is 12.6. The van der Waals surface area contributed by atoms with Gasteiger partial charge in [-0.3, -0.25) is 9.59 Å². The lowest BCUT2D eigenvalue weighted by Gasteiger charge is -2.32. The molecule has 26 heavy (non-hydrogen) atoms. The van der Waals surface area contributed by atoms with Crippen molar-refractivity contribution in [1.29, 1.82) is 0 Å². The average Bonchev–Trinajstić information content (AvgIpc) is 2.97. The SMILES string of the molecule is CN(C)Cc1nnc(C2CCCN(C(=O)Cn3ccccc3=O)C2)n1C. The maximum atomic E-state index is 12.6. The van der Waals surface area contributed by atoms with Crippen molar-refractivity contribution in [3.05, 3.63) is 46.4 Å². The molecule has 1 atom stereocenters. The number of carbonyl (C=O) groups excluding carboxylic acids is 1. The lowest BCUT2D eigenvalue weighted by atomic mass is 9.97. The Morgan fingerprint density at radius 1 is 1.31 bits per heavy atom. The van der Waals surface area contributed by atoms with E-state index in [2.05, 4.69) is 15.1 Å². The van der Waals surface area contributed by atoms with E-state index in [1.54, 1.807) is 18.3 Å². The highest BCUT2D eigenvalue weighted by Crippen LogP contribution is 2.26. The number of aromatic nitrogens is 4. The van der Waals surface area contributed by atoms with E-state index in [1.165, 1.54) is 10.6 Å². The Balaban J connectivity index is 1.69. The number of rotatable bonds is 5. The highest BCUT2D eigenvalue weighted by atomic mass is 16.2. The van der Waals surface area contributed by atoms with Crippen LogP contribution in [0, 0.1) is 0 Å². The van der Waals surface area contributed by atoms with Crippen LogP contribution in [0.2, 0.25) is 0 Å². The molecule has 1 amide bonds. The van der Waals surface area contributed by atoms with Gasteiger partial charge in [0.2, 0.25) is 5.91 Å². The molecule has 3 rings (SSSR count). The van der Waals surface area contributed by atoms with E-state index in [0.717, 1.165) is 37.6 Å². The third-order valence-corrected chi connectivity index (χ3v) is 4.80. The first-order valence-electron chi connectivity index (χ1n) is 8.92. The average molecular weight is 358 g/mol. The van der Waals surface area contributed by atoms with Gasteiger partial charge in [0.05, 0.1) is 6.54 Å². The van der Waals surface area contributed by atoms with Crippen molar-refractivity contribution in [2.45, 2.75) is 31.8 Å². The van der Waals surface area contributed by atoms with Crippen molar-refractivity contribution in [3.63, 3.8) is 0 Å². The van der Waals surface area contributed by atoms with Crippen LogP contribution >= 0.6 is 0 Å². The number of carbonyl (C=O) groups is 1. The summed E-state index contributed by atoms with van der Waals surface area (Å²) in [5.41, 5.74) is -0.156. The molecule has 8 heteroatoms. The summed E-state index contributed by atoms with van der Waals surface area (Å²) in [6.45, 7) is 2.15. The molecule has 1 unspecified atom stereocenters. The second-order valence-corrected chi connectivity index (χ2v) is 7.12. The third-order valence-electron chi connectivity index (χ3n) is 4.80. The molecule has 0 saturated carbocycles. The van der Waals surface area contributed by atoms with E-state index in [0.29, 0.717) is 6.54 Å². The summed E-state index contributed by atoms with van der Waals surface area (Å²) >= 11 is 0. The number of hydrogen-bond acceptors (Lipinski definition) is 5. The zero-order valence-corrected chi connectivity index (χ0v) is 15.6. The fraction of sp³-hybridized carbons (Fsp3) is 0.556. The van der Waals surface area contributed by atoms with Gasteiger partial charge < -0.3 is 18.9 Å². The Labute approximate surface area is 153 Å². The summed E-state index contributed by atoms with van der Waals surface area (Å²) in [5, 5.41) is 8.68. The zero-order valence-electron chi connectivity index (χ0n) is 15.6. The summed E-state index contributed by atoms with van der Waals surface area (Å²) in [6, 6.07) is 4.91. The van der Waals surface area contributed by atoms with E-state index < -0.39 is 0 Å². The van der Waals surface area contributed by atoms with Gasteiger partial charge in [0.25, 0.3) is 5.56 Å². The van der Waals surface area contributed by atoms with Gasteiger partial charge in [-0.15, -0.1) is 10.2 Å². The van der Waals surface area contributed by atoms with Gasteiger partial charge in [-0.25, -0.2) is 0 Å². The molecule has 1 aliphatic heterocycles. The third kappa shape index (κ3) is 4.01. The lowest BCUT2D eigenvalue weighted by molar-refractivity contribution is -0.133. The predicted molar refractivity (Wildman–Crippen MR) is 97.7 cm³/mol. The largest absolute Gasteiger partial charge is 0.340 e. The number of amides is 1.